The van der Waals surface area contributed by atoms with E-state index in [0.29, 0.717) is 22.6 Å². The minimum Gasteiger partial charge on any atom is -0.467 e. The van der Waals surface area contributed by atoms with Crippen LogP contribution in [0.5, 0.6) is 5.75 Å². The molecule has 33 heavy (non-hydrogen) atoms. The van der Waals surface area contributed by atoms with E-state index in [2.05, 4.69) is 10.0 Å². The smallest absolute Gasteiger partial charge is 0.307 e. The first-order chi connectivity index (χ1) is 15.7. The summed E-state index contributed by atoms with van der Waals surface area (Å²) in [6, 6.07) is 8.11. The van der Waals surface area contributed by atoms with Gasteiger partial charge in [0, 0.05) is 42.4 Å². The number of rotatable bonds is 9. The van der Waals surface area contributed by atoms with E-state index in [9.17, 15) is 28.1 Å². The van der Waals surface area contributed by atoms with Gasteiger partial charge < -0.3 is 19.5 Å². The van der Waals surface area contributed by atoms with Crippen molar-refractivity contribution in [3.63, 3.8) is 0 Å². The number of anilines is 1. The van der Waals surface area contributed by atoms with Crippen LogP contribution in [0.1, 0.15) is 24.5 Å². The van der Waals surface area contributed by atoms with Crippen LogP contribution < -0.4 is 14.8 Å². The number of nitrogens with one attached hydrogen (secondary N) is 2. The molecule has 0 radical (unpaired) electrons. The quantitative estimate of drug-likeness (QED) is 0.310. The van der Waals surface area contributed by atoms with Gasteiger partial charge in [-0.25, -0.2) is 13.1 Å². The van der Waals surface area contributed by atoms with E-state index in [1.54, 1.807) is 0 Å². The lowest BCUT2D eigenvalue weighted by atomic mass is 10.1. The second-order valence-corrected chi connectivity index (χ2v) is 8.74. The van der Waals surface area contributed by atoms with E-state index < -0.39 is 20.9 Å². The van der Waals surface area contributed by atoms with Crippen molar-refractivity contribution in [1.82, 2.24) is 4.72 Å². The largest absolute Gasteiger partial charge is 0.467 e. The van der Waals surface area contributed by atoms with Gasteiger partial charge in [-0.15, -0.1) is 0 Å². The molecule has 3 rings (SSSR count). The average molecular weight is 479 g/mol. The van der Waals surface area contributed by atoms with Crippen molar-refractivity contribution >= 4 is 33.3 Å². The lowest BCUT2D eigenvalue weighted by Gasteiger charge is -2.20. The van der Waals surface area contributed by atoms with E-state index in [1.165, 1.54) is 43.3 Å². The monoisotopic (exact) mass is 479 g/mol. The summed E-state index contributed by atoms with van der Waals surface area (Å²) >= 11 is 0. The molecule has 0 saturated carbocycles. The molecule has 176 valence electrons. The van der Waals surface area contributed by atoms with Crippen LogP contribution in [-0.4, -0.2) is 38.6 Å². The standard InChI is InChI=1S/C20H21N3O9S/c1-13(24)22-16-2-4-18(5-3-16)33(28,29)21-7-6-19(25)31-11-15-9-17(23(26)27)8-14-10-30-12-32-20(14)15/h2-5,8-9,21H,6-7,10-12H2,1H3,(H,22,24). The van der Waals surface area contributed by atoms with Crippen LogP contribution in [0, 0.1) is 10.1 Å². The number of amides is 1. The van der Waals surface area contributed by atoms with E-state index in [1.807, 2.05) is 0 Å². The fourth-order valence-corrected chi connectivity index (χ4v) is 4.05. The normalized spacial score (nSPS) is 12.9. The third-order valence-corrected chi connectivity index (χ3v) is 5.95. The number of nitro groups is 1. The molecule has 2 N–H and O–H groups in total. The van der Waals surface area contributed by atoms with E-state index in [0.717, 1.165) is 0 Å². The van der Waals surface area contributed by atoms with Gasteiger partial charge in [-0.1, -0.05) is 0 Å². The lowest BCUT2D eigenvalue weighted by Crippen LogP contribution is -2.26. The van der Waals surface area contributed by atoms with E-state index in [4.69, 9.17) is 14.2 Å². The van der Waals surface area contributed by atoms with Crippen LogP contribution in [0.3, 0.4) is 0 Å². The minimum absolute atomic E-state index is 0.0284. The van der Waals surface area contributed by atoms with Crippen LogP contribution in [0.4, 0.5) is 11.4 Å². The number of hydrogen-bond acceptors (Lipinski definition) is 9. The first kappa shape index (κ1) is 24.1. The zero-order valence-corrected chi connectivity index (χ0v) is 18.3. The second-order valence-electron chi connectivity index (χ2n) is 6.97. The van der Waals surface area contributed by atoms with Crippen LogP contribution in [0.15, 0.2) is 41.3 Å². The van der Waals surface area contributed by atoms with Crippen molar-refractivity contribution in [1.29, 1.82) is 0 Å². The summed E-state index contributed by atoms with van der Waals surface area (Å²) in [4.78, 5) is 33.6. The highest BCUT2D eigenvalue weighted by Gasteiger charge is 2.22. The fourth-order valence-electron chi connectivity index (χ4n) is 3.02. The van der Waals surface area contributed by atoms with Crippen LogP contribution >= 0.6 is 0 Å². The molecule has 0 atom stereocenters. The molecule has 0 saturated heterocycles. The van der Waals surface area contributed by atoms with Crippen molar-refractivity contribution < 1.29 is 37.1 Å². The van der Waals surface area contributed by atoms with Crippen molar-refractivity contribution in [2.75, 3.05) is 18.7 Å². The number of ether oxygens (including phenoxy) is 3. The molecule has 13 heteroatoms. The maximum Gasteiger partial charge on any atom is 0.307 e. The summed E-state index contributed by atoms with van der Waals surface area (Å²) in [7, 11) is -3.87. The second kappa shape index (κ2) is 10.4. The molecular weight excluding hydrogens is 458 g/mol. The third-order valence-electron chi connectivity index (χ3n) is 4.48. The fraction of sp³-hybridized carbons (Fsp3) is 0.300. The molecule has 1 amide bonds. The Morgan fingerprint density at radius 3 is 2.61 bits per heavy atom. The molecule has 1 heterocycles. The summed E-state index contributed by atoms with van der Waals surface area (Å²) < 4.78 is 42.6. The van der Waals surface area contributed by atoms with Crippen molar-refractivity contribution in [3.05, 3.63) is 57.6 Å². The highest BCUT2D eigenvalue weighted by molar-refractivity contribution is 7.89. The Morgan fingerprint density at radius 1 is 1.21 bits per heavy atom. The van der Waals surface area contributed by atoms with Gasteiger partial charge in [-0.2, -0.15) is 0 Å². The van der Waals surface area contributed by atoms with Crippen molar-refractivity contribution in [3.8, 4) is 5.75 Å². The Balaban J connectivity index is 1.54. The molecule has 2 aromatic rings. The molecule has 0 spiro atoms. The van der Waals surface area contributed by atoms with Gasteiger partial charge in [0.2, 0.25) is 15.9 Å². The van der Waals surface area contributed by atoms with E-state index in [-0.39, 0.29) is 49.5 Å². The Bertz CT molecular complexity index is 1160. The van der Waals surface area contributed by atoms with Gasteiger partial charge in [0.25, 0.3) is 5.69 Å². The summed E-state index contributed by atoms with van der Waals surface area (Å²) in [5.74, 6) is -0.623. The first-order valence-electron chi connectivity index (χ1n) is 9.69. The van der Waals surface area contributed by atoms with Gasteiger partial charge >= 0.3 is 5.97 Å². The van der Waals surface area contributed by atoms with Crippen LogP contribution in [0.25, 0.3) is 0 Å². The molecule has 2 aromatic carbocycles. The Hall–Kier alpha value is -3.55. The summed E-state index contributed by atoms with van der Waals surface area (Å²) in [5.41, 5.74) is 1.05. The van der Waals surface area contributed by atoms with Crippen LogP contribution in [0.2, 0.25) is 0 Å². The minimum atomic E-state index is -3.87. The molecule has 0 fully saturated rings. The number of non-ortho nitro benzene ring substituents is 1. The van der Waals surface area contributed by atoms with Crippen molar-refractivity contribution in [2.24, 2.45) is 0 Å². The molecule has 12 nitrogen and oxygen atoms in total. The van der Waals surface area contributed by atoms with Gasteiger partial charge in [-0.3, -0.25) is 19.7 Å². The number of nitro benzene ring substituents is 1. The molecule has 0 aromatic heterocycles. The zero-order chi connectivity index (χ0) is 24.0. The number of carbonyl (C=O) groups is 2. The molecule has 0 unspecified atom stereocenters. The van der Waals surface area contributed by atoms with Gasteiger partial charge in [0.15, 0.2) is 6.79 Å². The number of carbonyl (C=O) groups excluding carboxylic acids is 2. The van der Waals surface area contributed by atoms with Crippen LogP contribution in [-0.2, 0) is 42.3 Å². The Kier molecular flexibility index (Phi) is 7.58. The Labute approximate surface area is 189 Å². The third kappa shape index (κ3) is 6.47. The van der Waals surface area contributed by atoms with Gasteiger partial charge in [0.05, 0.1) is 22.8 Å². The highest BCUT2D eigenvalue weighted by atomic mass is 32.2. The summed E-state index contributed by atoms with van der Waals surface area (Å²) in [5, 5.41) is 13.7. The molecule has 0 bridgehead atoms. The molecular formula is C20H21N3O9S. The zero-order valence-electron chi connectivity index (χ0n) is 17.5. The maximum absolute atomic E-state index is 12.3. The number of hydrogen-bond donors (Lipinski definition) is 2. The summed E-state index contributed by atoms with van der Waals surface area (Å²) in [6.07, 6.45) is -0.260. The SMILES string of the molecule is CC(=O)Nc1ccc(S(=O)(=O)NCCC(=O)OCc2cc([N+](=O)[O-])cc3c2OCOC3)cc1. The van der Waals surface area contributed by atoms with E-state index >= 15 is 0 Å². The number of esters is 1. The molecule has 1 aliphatic rings. The topological polar surface area (TPSA) is 163 Å². The first-order valence-corrected chi connectivity index (χ1v) is 11.2. The van der Waals surface area contributed by atoms with Crippen molar-refractivity contribution in [2.45, 2.75) is 31.5 Å². The number of sulfonamides is 1. The van der Waals surface area contributed by atoms with Gasteiger partial charge in [0.1, 0.15) is 12.4 Å². The highest BCUT2D eigenvalue weighted by Crippen LogP contribution is 2.33. The summed E-state index contributed by atoms with van der Waals surface area (Å²) in [6.45, 7) is 0.942. The Morgan fingerprint density at radius 2 is 1.94 bits per heavy atom. The number of nitrogens with zero attached hydrogens (tertiary/aromatic N) is 1. The maximum atomic E-state index is 12.3. The predicted octanol–water partition coefficient (Wildman–Crippen LogP) is 1.83. The van der Waals surface area contributed by atoms with Gasteiger partial charge in [-0.05, 0) is 24.3 Å². The average Bonchev–Trinajstić information content (AvgIpc) is 2.77. The molecule has 0 aliphatic carbocycles. The lowest BCUT2D eigenvalue weighted by molar-refractivity contribution is -0.385. The number of fused-ring (bicyclic) bond motifs is 1. The predicted molar refractivity (Wildman–Crippen MR) is 114 cm³/mol. The number of benzene rings is 2. The molecule has 1 aliphatic heterocycles.